The standard InChI is InChI=1S/C13H24N4O3/c1-14-7-3-5-9-16-11(18)12(19)17(13(16)20)10-6-4-8-15-2/h14-15H,3-10H2,1-2H3. The molecule has 114 valence electrons. The average Bonchev–Trinajstić information content (AvgIpc) is 2.64. The summed E-state index contributed by atoms with van der Waals surface area (Å²) in [7, 11) is 3.70. The minimum absolute atomic E-state index is 0.318. The summed E-state index contributed by atoms with van der Waals surface area (Å²) in [5, 5.41) is 6.00. The molecule has 1 rings (SSSR count). The fraction of sp³-hybridized carbons (Fsp3) is 0.769. The number of unbranched alkanes of at least 4 members (excludes halogenated alkanes) is 2. The number of hydrogen-bond acceptors (Lipinski definition) is 5. The summed E-state index contributed by atoms with van der Waals surface area (Å²) in [5.41, 5.74) is 0. The molecule has 1 heterocycles. The van der Waals surface area contributed by atoms with Crippen LogP contribution >= 0.6 is 0 Å². The molecule has 1 aliphatic heterocycles. The molecule has 2 N–H and O–H groups in total. The number of nitrogens with one attached hydrogen (secondary N) is 2. The number of imide groups is 2. The van der Waals surface area contributed by atoms with Gasteiger partial charge in [-0.2, -0.15) is 0 Å². The zero-order valence-corrected chi connectivity index (χ0v) is 12.3. The monoisotopic (exact) mass is 284 g/mol. The lowest BCUT2D eigenvalue weighted by atomic mass is 10.3. The lowest BCUT2D eigenvalue weighted by molar-refractivity contribution is -0.143. The first kappa shape index (κ1) is 16.6. The minimum Gasteiger partial charge on any atom is -0.320 e. The summed E-state index contributed by atoms with van der Waals surface area (Å²) in [5.74, 6) is -1.37. The van der Waals surface area contributed by atoms with E-state index in [0.29, 0.717) is 25.9 Å². The van der Waals surface area contributed by atoms with Gasteiger partial charge in [0.05, 0.1) is 0 Å². The molecule has 1 fully saturated rings. The van der Waals surface area contributed by atoms with E-state index < -0.39 is 17.8 Å². The fourth-order valence-electron chi connectivity index (χ4n) is 2.09. The number of carbonyl (C=O) groups excluding carboxylic acids is 3. The van der Waals surface area contributed by atoms with Crippen molar-refractivity contribution in [3.8, 4) is 0 Å². The van der Waals surface area contributed by atoms with Gasteiger partial charge in [0.15, 0.2) is 0 Å². The molecule has 0 bridgehead atoms. The number of urea groups is 1. The first-order chi connectivity index (χ1) is 9.63. The summed E-state index contributed by atoms with van der Waals surface area (Å²) in [4.78, 5) is 37.7. The third kappa shape index (κ3) is 4.28. The molecule has 0 aliphatic carbocycles. The van der Waals surface area contributed by atoms with Crippen molar-refractivity contribution >= 4 is 17.8 Å². The smallest absolute Gasteiger partial charge is 0.320 e. The van der Waals surface area contributed by atoms with Crippen molar-refractivity contribution in [3.63, 3.8) is 0 Å². The van der Waals surface area contributed by atoms with E-state index in [4.69, 9.17) is 0 Å². The lowest BCUT2D eigenvalue weighted by Gasteiger charge is -2.15. The molecule has 0 saturated carbocycles. The summed E-state index contributed by atoms with van der Waals surface area (Å²) >= 11 is 0. The quantitative estimate of drug-likeness (QED) is 0.329. The van der Waals surface area contributed by atoms with Crippen LogP contribution < -0.4 is 10.6 Å². The van der Waals surface area contributed by atoms with E-state index in [0.717, 1.165) is 35.7 Å². The van der Waals surface area contributed by atoms with E-state index in [1.807, 2.05) is 14.1 Å². The Morgan fingerprint density at radius 1 is 0.750 bits per heavy atom. The highest BCUT2D eigenvalue weighted by atomic mass is 16.2. The number of rotatable bonds is 10. The fourth-order valence-corrected chi connectivity index (χ4v) is 2.09. The van der Waals surface area contributed by atoms with Crippen LogP contribution in [0.25, 0.3) is 0 Å². The molecule has 0 radical (unpaired) electrons. The van der Waals surface area contributed by atoms with Gasteiger partial charge in [-0.1, -0.05) is 0 Å². The molecule has 0 aromatic heterocycles. The molecule has 0 atom stereocenters. The maximum atomic E-state index is 12.0. The highest BCUT2D eigenvalue weighted by Gasteiger charge is 2.43. The van der Waals surface area contributed by atoms with Crippen molar-refractivity contribution < 1.29 is 14.4 Å². The molecule has 7 nitrogen and oxygen atoms in total. The van der Waals surface area contributed by atoms with Gasteiger partial charge in [0.1, 0.15) is 0 Å². The van der Waals surface area contributed by atoms with Crippen LogP contribution in [0.3, 0.4) is 0 Å². The van der Waals surface area contributed by atoms with Gasteiger partial charge in [-0.3, -0.25) is 19.4 Å². The second-order valence-electron chi connectivity index (χ2n) is 4.82. The third-order valence-corrected chi connectivity index (χ3v) is 3.25. The van der Waals surface area contributed by atoms with Crippen LogP contribution in [-0.2, 0) is 9.59 Å². The van der Waals surface area contributed by atoms with Gasteiger partial charge in [0.25, 0.3) is 0 Å². The Labute approximate surface area is 119 Å². The van der Waals surface area contributed by atoms with E-state index in [2.05, 4.69) is 10.6 Å². The van der Waals surface area contributed by atoms with Crippen LogP contribution in [0.4, 0.5) is 4.79 Å². The SMILES string of the molecule is CNCCCCN1C(=O)C(=O)N(CCCCNC)C1=O. The number of amides is 4. The van der Waals surface area contributed by atoms with Gasteiger partial charge in [0.2, 0.25) is 0 Å². The molecule has 0 aromatic rings. The van der Waals surface area contributed by atoms with Crippen LogP contribution in [0.15, 0.2) is 0 Å². The van der Waals surface area contributed by atoms with Gasteiger partial charge in [-0.15, -0.1) is 0 Å². The van der Waals surface area contributed by atoms with Gasteiger partial charge < -0.3 is 10.6 Å². The number of nitrogens with zero attached hydrogens (tertiary/aromatic N) is 2. The second kappa shape index (κ2) is 8.65. The third-order valence-electron chi connectivity index (χ3n) is 3.25. The topological polar surface area (TPSA) is 81.8 Å². The van der Waals surface area contributed by atoms with E-state index >= 15 is 0 Å². The van der Waals surface area contributed by atoms with Gasteiger partial charge in [-0.25, -0.2) is 4.79 Å². The maximum Gasteiger partial charge on any atom is 0.334 e. The first-order valence-electron chi connectivity index (χ1n) is 7.10. The van der Waals surface area contributed by atoms with Crippen molar-refractivity contribution in [1.82, 2.24) is 20.4 Å². The van der Waals surface area contributed by atoms with Gasteiger partial charge in [-0.05, 0) is 52.9 Å². The van der Waals surface area contributed by atoms with Crippen molar-refractivity contribution in [2.75, 3.05) is 40.3 Å². The number of hydrogen-bond donors (Lipinski definition) is 2. The van der Waals surface area contributed by atoms with Gasteiger partial charge in [0, 0.05) is 13.1 Å². The van der Waals surface area contributed by atoms with Crippen molar-refractivity contribution in [2.24, 2.45) is 0 Å². The summed E-state index contributed by atoms with van der Waals surface area (Å²) in [6, 6.07) is -0.464. The van der Waals surface area contributed by atoms with Crippen molar-refractivity contribution in [3.05, 3.63) is 0 Å². The highest BCUT2D eigenvalue weighted by molar-refractivity contribution is 6.44. The molecule has 0 spiro atoms. The Morgan fingerprint density at radius 2 is 1.15 bits per heavy atom. The zero-order valence-electron chi connectivity index (χ0n) is 12.3. The summed E-state index contributed by atoms with van der Waals surface area (Å²) in [6.45, 7) is 2.30. The summed E-state index contributed by atoms with van der Waals surface area (Å²) in [6.07, 6.45) is 3.15. The molecule has 0 unspecified atom stereocenters. The van der Waals surface area contributed by atoms with Crippen LogP contribution in [0.2, 0.25) is 0 Å². The number of carbonyl (C=O) groups is 3. The molecule has 4 amide bonds. The predicted octanol–water partition coefficient (Wildman–Crippen LogP) is -0.224. The minimum atomic E-state index is -0.687. The van der Waals surface area contributed by atoms with E-state index in [-0.39, 0.29) is 0 Å². The van der Waals surface area contributed by atoms with Crippen LogP contribution in [-0.4, -0.2) is 67.9 Å². The van der Waals surface area contributed by atoms with Crippen molar-refractivity contribution in [1.29, 1.82) is 0 Å². The van der Waals surface area contributed by atoms with E-state index in [1.165, 1.54) is 0 Å². The molecule has 1 saturated heterocycles. The van der Waals surface area contributed by atoms with Crippen molar-refractivity contribution in [2.45, 2.75) is 25.7 Å². The van der Waals surface area contributed by atoms with Gasteiger partial charge >= 0.3 is 17.8 Å². The largest absolute Gasteiger partial charge is 0.334 e. The molecule has 1 aliphatic rings. The van der Waals surface area contributed by atoms with E-state index in [1.54, 1.807) is 0 Å². The zero-order chi connectivity index (χ0) is 15.0. The predicted molar refractivity (Wildman–Crippen MR) is 75.1 cm³/mol. The Morgan fingerprint density at radius 3 is 1.50 bits per heavy atom. The maximum absolute atomic E-state index is 12.0. The Balaban J connectivity index is 2.43. The lowest BCUT2D eigenvalue weighted by Crippen LogP contribution is -2.35. The molecular formula is C13H24N4O3. The van der Waals surface area contributed by atoms with Crippen LogP contribution in [0.5, 0.6) is 0 Å². The first-order valence-corrected chi connectivity index (χ1v) is 7.10. The second-order valence-corrected chi connectivity index (χ2v) is 4.82. The van der Waals surface area contributed by atoms with Crippen LogP contribution in [0.1, 0.15) is 25.7 Å². The Hall–Kier alpha value is -1.47. The summed E-state index contributed by atoms with van der Waals surface area (Å²) < 4.78 is 0. The Kier molecular flexibility index (Phi) is 7.17. The average molecular weight is 284 g/mol. The highest BCUT2D eigenvalue weighted by Crippen LogP contribution is 2.13. The normalized spacial score (nSPS) is 15.6. The molecular weight excluding hydrogens is 260 g/mol. The molecule has 20 heavy (non-hydrogen) atoms. The van der Waals surface area contributed by atoms with E-state index in [9.17, 15) is 14.4 Å². The van der Waals surface area contributed by atoms with Crippen LogP contribution in [0, 0.1) is 0 Å². The molecule has 7 heteroatoms. The Bertz CT molecular complexity index is 328. The molecule has 0 aromatic carbocycles.